The van der Waals surface area contributed by atoms with Crippen LogP contribution >= 0.6 is 11.6 Å². The van der Waals surface area contributed by atoms with Gasteiger partial charge in [0.25, 0.3) is 5.91 Å². The third kappa shape index (κ3) is 5.26. The minimum Gasteiger partial charge on any atom is -0.497 e. The predicted octanol–water partition coefficient (Wildman–Crippen LogP) is 6.29. The van der Waals surface area contributed by atoms with Gasteiger partial charge in [0.2, 0.25) is 0 Å². The van der Waals surface area contributed by atoms with Crippen LogP contribution in [0.1, 0.15) is 16.1 Å². The zero-order chi connectivity index (χ0) is 26.8. The fourth-order valence-electron chi connectivity index (χ4n) is 5.14. The Hall–Kier alpha value is -4.13. The summed E-state index contributed by atoms with van der Waals surface area (Å²) in [5, 5.41) is 0.701. The van der Waals surface area contributed by atoms with Crippen LogP contribution in [-0.4, -0.2) is 58.4 Å². The predicted molar refractivity (Wildman–Crippen MR) is 155 cm³/mol. The van der Waals surface area contributed by atoms with Crippen molar-refractivity contribution in [2.75, 3.05) is 33.3 Å². The molecule has 3 heterocycles. The van der Waals surface area contributed by atoms with Crippen LogP contribution in [0.15, 0.2) is 97.2 Å². The number of fused-ring (bicyclic) bond motifs is 1. The van der Waals surface area contributed by atoms with Gasteiger partial charge in [0.15, 0.2) is 0 Å². The van der Waals surface area contributed by atoms with Gasteiger partial charge in [-0.2, -0.15) is 0 Å². The number of pyridine rings is 1. The lowest BCUT2D eigenvalue weighted by atomic mass is 10.1. The van der Waals surface area contributed by atoms with Crippen molar-refractivity contribution in [3.63, 3.8) is 0 Å². The highest BCUT2D eigenvalue weighted by molar-refractivity contribution is 6.30. The first-order valence-corrected chi connectivity index (χ1v) is 13.4. The molecule has 39 heavy (non-hydrogen) atoms. The third-order valence-corrected chi connectivity index (χ3v) is 7.54. The average molecular weight is 537 g/mol. The quantitative estimate of drug-likeness (QED) is 0.256. The Balaban J connectivity index is 1.28. The fraction of sp³-hybridized carbons (Fsp3) is 0.188. The van der Waals surface area contributed by atoms with Gasteiger partial charge in [0.05, 0.1) is 18.5 Å². The van der Waals surface area contributed by atoms with Gasteiger partial charge < -0.3 is 14.0 Å². The molecule has 1 aliphatic heterocycles. The van der Waals surface area contributed by atoms with E-state index >= 15 is 0 Å². The van der Waals surface area contributed by atoms with Gasteiger partial charge in [-0.05, 0) is 53.6 Å². The zero-order valence-corrected chi connectivity index (χ0v) is 22.5. The van der Waals surface area contributed by atoms with Gasteiger partial charge in [0.1, 0.15) is 11.4 Å². The molecule has 5 aromatic rings. The summed E-state index contributed by atoms with van der Waals surface area (Å²) in [7, 11) is 1.61. The van der Waals surface area contributed by atoms with Gasteiger partial charge in [-0.1, -0.05) is 60.1 Å². The van der Waals surface area contributed by atoms with Crippen LogP contribution in [0.25, 0.3) is 28.0 Å². The monoisotopic (exact) mass is 536 g/mol. The lowest BCUT2D eigenvalue weighted by Crippen LogP contribution is -2.48. The summed E-state index contributed by atoms with van der Waals surface area (Å²) in [5.74, 6) is 0.731. The van der Waals surface area contributed by atoms with E-state index in [1.54, 1.807) is 13.2 Å². The fourth-order valence-corrected chi connectivity index (χ4v) is 5.27. The molecule has 0 unspecified atom stereocenters. The molecule has 0 saturated carbocycles. The summed E-state index contributed by atoms with van der Waals surface area (Å²) in [5.41, 5.74) is 6.97. The second-order valence-corrected chi connectivity index (χ2v) is 10.2. The smallest absolute Gasteiger partial charge is 0.254 e. The van der Waals surface area contributed by atoms with Gasteiger partial charge in [-0.15, -0.1) is 0 Å². The number of benzene rings is 3. The minimum atomic E-state index is 0.0395. The summed E-state index contributed by atoms with van der Waals surface area (Å²) in [6.45, 7) is 3.61. The van der Waals surface area contributed by atoms with E-state index in [0.29, 0.717) is 29.4 Å². The van der Waals surface area contributed by atoms with Crippen LogP contribution in [0.3, 0.4) is 0 Å². The molecule has 1 fully saturated rings. The Kier molecular flexibility index (Phi) is 7.05. The molecule has 0 bridgehead atoms. The largest absolute Gasteiger partial charge is 0.497 e. The molecular formula is C32H29ClN4O2. The summed E-state index contributed by atoms with van der Waals surface area (Å²) in [4.78, 5) is 22.5. The number of halogens is 1. The van der Waals surface area contributed by atoms with E-state index in [9.17, 15) is 4.79 Å². The molecule has 0 aliphatic carbocycles. The van der Waals surface area contributed by atoms with Gasteiger partial charge in [-0.3, -0.25) is 9.69 Å². The van der Waals surface area contributed by atoms with Crippen LogP contribution in [0.4, 0.5) is 0 Å². The Morgan fingerprint density at radius 1 is 0.846 bits per heavy atom. The van der Waals surface area contributed by atoms with Crippen molar-refractivity contribution >= 4 is 23.2 Å². The number of hydrogen-bond acceptors (Lipinski definition) is 4. The summed E-state index contributed by atoms with van der Waals surface area (Å²) in [6.07, 6.45) is 2.18. The minimum absolute atomic E-state index is 0.0395. The highest BCUT2D eigenvalue weighted by Gasteiger charge is 2.25. The zero-order valence-electron chi connectivity index (χ0n) is 21.8. The number of methoxy groups -OCH3 is 1. The first-order chi connectivity index (χ1) is 19.1. The lowest BCUT2D eigenvalue weighted by molar-refractivity contribution is 0.0626. The number of ether oxygens (including phenoxy) is 1. The van der Waals surface area contributed by atoms with Crippen molar-refractivity contribution in [2.24, 2.45) is 0 Å². The number of carbonyl (C=O) groups is 1. The number of hydrogen-bond donors (Lipinski definition) is 0. The second kappa shape index (κ2) is 10.9. The number of piperazine rings is 1. The molecule has 0 atom stereocenters. The van der Waals surface area contributed by atoms with Crippen molar-refractivity contribution < 1.29 is 9.53 Å². The van der Waals surface area contributed by atoms with E-state index in [4.69, 9.17) is 21.3 Å². The molecule has 0 radical (unpaired) electrons. The van der Waals surface area contributed by atoms with Crippen LogP contribution in [0.2, 0.25) is 5.02 Å². The maximum absolute atomic E-state index is 13.1. The maximum atomic E-state index is 13.1. The molecule has 196 valence electrons. The van der Waals surface area contributed by atoms with Gasteiger partial charge in [0, 0.05) is 55.1 Å². The molecule has 0 spiro atoms. The van der Waals surface area contributed by atoms with Crippen LogP contribution in [0, 0.1) is 0 Å². The van der Waals surface area contributed by atoms with E-state index < -0.39 is 0 Å². The van der Waals surface area contributed by atoms with Crippen LogP contribution < -0.4 is 4.74 Å². The van der Waals surface area contributed by atoms with E-state index in [2.05, 4.69) is 51.9 Å². The number of aromatic nitrogens is 2. The standard InChI is InChI=1S/C32H29ClN4O2/c1-39-28-9-5-8-25(20-28)32(38)36-18-16-35(17-19-36)22-29-31(24-10-13-27(33)14-11-24)34-30-15-12-26(21-37(29)30)23-6-3-2-4-7-23/h2-15,20-21H,16-19,22H2,1H3. The topological polar surface area (TPSA) is 50.1 Å². The first kappa shape index (κ1) is 25.2. The van der Waals surface area contributed by atoms with Gasteiger partial charge >= 0.3 is 0 Å². The molecule has 7 heteroatoms. The molecule has 3 aromatic carbocycles. The number of imidazole rings is 1. The molecule has 2 aromatic heterocycles. The summed E-state index contributed by atoms with van der Waals surface area (Å²) >= 11 is 6.19. The highest BCUT2D eigenvalue weighted by Crippen LogP contribution is 2.29. The molecule has 1 aliphatic rings. The summed E-state index contributed by atoms with van der Waals surface area (Å²) < 4.78 is 7.51. The Labute approximate surface area is 233 Å². The van der Waals surface area contributed by atoms with Gasteiger partial charge in [-0.25, -0.2) is 4.98 Å². The Bertz CT molecular complexity index is 1610. The lowest BCUT2D eigenvalue weighted by Gasteiger charge is -2.34. The molecule has 0 N–H and O–H groups in total. The van der Waals surface area contributed by atoms with Crippen molar-refractivity contribution in [1.82, 2.24) is 19.2 Å². The second-order valence-electron chi connectivity index (χ2n) is 9.73. The van der Waals surface area contributed by atoms with Crippen molar-refractivity contribution in [3.8, 4) is 28.1 Å². The SMILES string of the molecule is COc1cccc(C(=O)N2CCN(Cc3c(-c4ccc(Cl)cc4)nc4ccc(-c5ccccc5)cn34)CC2)c1. The molecule has 1 amide bonds. The number of carbonyl (C=O) groups excluding carboxylic acids is 1. The third-order valence-electron chi connectivity index (χ3n) is 7.29. The van der Waals surface area contributed by atoms with Crippen molar-refractivity contribution in [3.05, 3.63) is 113 Å². The molecule has 6 nitrogen and oxygen atoms in total. The summed E-state index contributed by atoms with van der Waals surface area (Å²) in [6, 6.07) is 29.8. The molecule has 6 rings (SSSR count). The van der Waals surface area contributed by atoms with E-state index in [1.165, 1.54) is 0 Å². The maximum Gasteiger partial charge on any atom is 0.254 e. The van der Waals surface area contributed by atoms with E-state index in [1.807, 2.05) is 53.4 Å². The first-order valence-electron chi connectivity index (χ1n) is 13.1. The van der Waals surface area contributed by atoms with E-state index in [-0.39, 0.29) is 5.91 Å². The number of amides is 1. The Morgan fingerprint density at radius 3 is 2.33 bits per heavy atom. The van der Waals surface area contributed by atoms with Crippen molar-refractivity contribution in [1.29, 1.82) is 0 Å². The number of nitrogens with zero attached hydrogens (tertiary/aromatic N) is 4. The molecule has 1 saturated heterocycles. The van der Waals surface area contributed by atoms with Crippen LogP contribution in [0.5, 0.6) is 5.75 Å². The van der Waals surface area contributed by atoms with Crippen molar-refractivity contribution in [2.45, 2.75) is 6.54 Å². The average Bonchev–Trinajstić information content (AvgIpc) is 3.35. The van der Waals surface area contributed by atoms with E-state index in [0.717, 1.165) is 53.4 Å². The Morgan fingerprint density at radius 2 is 1.59 bits per heavy atom. The molecular weight excluding hydrogens is 508 g/mol. The highest BCUT2D eigenvalue weighted by atomic mass is 35.5. The number of rotatable bonds is 6. The van der Waals surface area contributed by atoms with Crippen LogP contribution in [-0.2, 0) is 6.54 Å². The normalized spacial score (nSPS) is 14.1.